The molecule has 42 heavy (non-hydrogen) atoms. The molecule has 3 aliphatic heterocycles. The number of carbonyl (C=O) groups is 1. The number of piperidine rings is 1. The van der Waals surface area contributed by atoms with Gasteiger partial charge < -0.3 is 29.0 Å². The summed E-state index contributed by atoms with van der Waals surface area (Å²) in [6.07, 6.45) is 7.70. The highest BCUT2D eigenvalue weighted by molar-refractivity contribution is 5.79. The summed E-state index contributed by atoms with van der Waals surface area (Å²) in [6, 6.07) is 4.88. The number of halogens is 1. The number of allylic oxidation sites excluding steroid dienone is 2. The molecule has 4 heterocycles. The molecule has 0 bridgehead atoms. The third-order valence-electron chi connectivity index (χ3n) is 9.36. The highest BCUT2D eigenvalue weighted by Crippen LogP contribution is 2.50. The van der Waals surface area contributed by atoms with Gasteiger partial charge in [0.2, 0.25) is 5.91 Å². The van der Waals surface area contributed by atoms with E-state index in [0.717, 1.165) is 49.3 Å². The summed E-state index contributed by atoms with van der Waals surface area (Å²) in [5.74, 6) is 4.93. The van der Waals surface area contributed by atoms with Crippen LogP contribution in [0.3, 0.4) is 0 Å². The Bertz CT molecular complexity index is 1360. The van der Waals surface area contributed by atoms with Crippen LogP contribution in [0.15, 0.2) is 45.7 Å². The Morgan fingerprint density at radius 1 is 1.21 bits per heavy atom. The predicted octanol–water partition coefficient (Wildman–Crippen LogP) is 4.77. The van der Waals surface area contributed by atoms with Crippen molar-refractivity contribution in [3.63, 3.8) is 0 Å². The molecule has 0 unspecified atom stereocenters. The van der Waals surface area contributed by atoms with Gasteiger partial charge in [-0.2, -0.15) is 0 Å². The minimum absolute atomic E-state index is 0.0234. The van der Waals surface area contributed by atoms with E-state index in [2.05, 4.69) is 28.2 Å². The van der Waals surface area contributed by atoms with E-state index < -0.39 is 5.82 Å². The van der Waals surface area contributed by atoms with Gasteiger partial charge >= 0.3 is 0 Å². The van der Waals surface area contributed by atoms with E-state index in [1.54, 1.807) is 24.1 Å². The molecule has 2 aromatic rings. The first kappa shape index (κ1) is 28.8. The van der Waals surface area contributed by atoms with Crippen molar-refractivity contribution in [1.82, 2.24) is 20.1 Å². The van der Waals surface area contributed by atoms with Gasteiger partial charge in [0.1, 0.15) is 23.1 Å². The smallest absolute Gasteiger partial charge is 0.227 e. The third kappa shape index (κ3) is 6.51. The van der Waals surface area contributed by atoms with E-state index in [1.165, 1.54) is 42.3 Å². The lowest BCUT2D eigenvalue weighted by atomic mass is 9.90. The van der Waals surface area contributed by atoms with Crippen molar-refractivity contribution in [2.75, 3.05) is 46.5 Å². The van der Waals surface area contributed by atoms with Gasteiger partial charge in [0, 0.05) is 52.7 Å². The number of rotatable bonds is 10. The molecule has 226 valence electrons. The van der Waals surface area contributed by atoms with Crippen LogP contribution in [0.25, 0.3) is 0 Å². The SMILES string of the molecule is COCC1=CC(C)=C(N2CCC([C@H]3C[C@H]3CCOc3ccc(CC(=O)N4CCc5nc(C)oc5C4)c(F)c3)CC2)NC1. The summed E-state index contributed by atoms with van der Waals surface area (Å²) >= 11 is 0. The number of amides is 1. The first-order chi connectivity index (χ1) is 20.4. The Kier molecular flexibility index (Phi) is 8.56. The normalized spacial score (nSPS) is 22.5. The van der Waals surface area contributed by atoms with Gasteiger partial charge in [-0.05, 0) is 73.1 Å². The number of methoxy groups -OCH3 is 1. The number of hydrogen-bond acceptors (Lipinski definition) is 7. The van der Waals surface area contributed by atoms with E-state index in [-0.39, 0.29) is 12.3 Å². The molecule has 6 rings (SSSR count). The monoisotopic (exact) mass is 578 g/mol. The third-order valence-corrected chi connectivity index (χ3v) is 9.36. The van der Waals surface area contributed by atoms with Crippen molar-refractivity contribution < 1.29 is 23.1 Å². The molecule has 9 heteroatoms. The molecule has 4 aliphatic rings. The molecule has 2 atom stereocenters. The Balaban J connectivity index is 0.915. The number of hydrogen-bond donors (Lipinski definition) is 1. The summed E-state index contributed by atoms with van der Waals surface area (Å²) < 4.78 is 31.7. The zero-order valence-electron chi connectivity index (χ0n) is 25.1. The molecule has 1 aromatic heterocycles. The van der Waals surface area contributed by atoms with Gasteiger partial charge in [-0.1, -0.05) is 12.1 Å². The molecule has 0 radical (unpaired) electrons. The fraction of sp³-hybridized carbons (Fsp3) is 0.576. The molecule has 1 saturated heterocycles. The molecule has 1 saturated carbocycles. The second-order valence-electron chi connectivity index (χ2n) is 12.3. The van der Waals surface area contributed by atoms with Crippen LogP contribution in [0.4, 0.5) is 4.39 Å². The van der Waals surface area contributed by atoms with Gasteiger partial charge in [0.25, 0.3) is 0 Å². The average Bonchev–Trinajstić information content (AvgIpc) is 3.65. The fourth-order valence-corrected chi connectivity index (χ4v) is 7.03. The number of nitrogens with zero attached hydrogens (tertiary/aromatic N) is 3. The van der Waals surface area contributed by atoms with Crippen LogP contribution in [0.5, 0.6) is 5.75 Å². The molecule has 1 aromatic carbocycles. The second-order valence-corrected chi connectivity index (χ2v) is 12.3. The Morgan fingerprint density at radius 2 is 2.05 bits per heavy atom. The number of nitrogens with one attached hydrogen (secondary N) is 1. The van der Waals surface area contributed by atoms with Crippen molar-refractivity contribution >= 4 is 5.91 Å². The van der Waals surface area contributed by atoms with Gasteiger partial charge in [-0.3, -0.25) is 4.79 Å². The quantitative estimate of drug-likeness (QED) is 0.435. The summed E-state index contributed by atoms with van der Waals surface area (Å²) in [7, 11) is 1.74. The number of ether oxygens (including phenoxy) is 2. The lowest BCUT2D eigenvalue weighted by molar-refractivity contribution is -0.131. The van der Waals surface area contributed by atoms with E-state index in [0.29, 0.717) is 55.8 Å². The Morgan fingerprint density at radius 3 is 2.81 bits per heavy atom. The van der Waals surface area contributed by atoms with Crippen LogP contribution < -0.4 is 10.1 Å². The van der Waals surface area contributed by atoms with E-state index >= 15 is 0 Å². The Hall–Kier alpha value is -3.33. The van der Waals surface area contributed by atoms with Crippen LogP contribution >= 0.6 is 0 Å². The van der Waals surface area contributed by atoms with Gasteiger partial charge in [0.05, 0.1) is 31.9 Å². The number of benzene rings is 1. The van der Waals surface area contributed by atoms with Crippen LogP contribution in [-0.4, -0.2) is 67.2 Å². The van der Waals surface area contributed by atoms with Crippen molar-refractivity contribution in [2.45, 2.75) is 58.9 Å². The summed E-state index contributed by atoms with van der Waals surface area (Å²) in [6.45, 7) is 9.29. The zero-order chi connectivity index (χ0) is 29.2. The molecular formula is C33H43FN4O4. The molecule has 1 N–H and O–H groups in total. The lowest BCUT2D eigenvalue weighted by Crippen LogP contribution is -2.41. The van der Waals surface area contributed by atoms with Gasteiger partial charge in [-0.25, -0.2) is 9.37 Å². The number of fused-ring (bicyclic) bond motifs is 1. The maximum atomic E-state index is 14.9. The number of oxazole rings is 1. The highest BCUT2D eigenvalue weighted by Gasteiger charge is 2.43. The standard InChI is InChI=1S/C33H43FN4O4/c1-21-14-23(20-40-3)18-35-33(21)37-10-6-24(7-11-37)28-15-25(28)9-13-41-27-5-4-26(29(34)17-27)16-32(39)38-12-8-30-31(19-38)42-22(2)36-30/h4-5,14,17,24-25,28,35H,6-13,15-16,18-20H2,1-3H3/t25-,28-/m1/s1. The summed E-state index contributed by atoms with van der Waals surface area (Å²) in [5, 5.41) is 3.61. The van der Waals surface area contributed by atoms with Crippen molar-refractivity contribution in [3.8, 4) is 5.75 Å². The molecule has 0 spiro atoms. The highest BCUT2D eigenvalue weighted by atomic mass is 19.1. The van der Waals surface area contributed by atoms with Gasteiger partial charge in [-0.15, -0.1) is 0 Å². The minimum Gasteiger partial charge on any atom is -0.493 e. The first-order valence-electron chi connectivity index (χ1n) is 15.4. The van der Waals surface area contributed by atoms with Crippen LogP contribution in [0, 0.1) is 30.5 Å². The van der Waals surface area contributed by atoms with Crippen LogP contribution in [-0.2, 0) is 28.9 Å². The number of aromatic nitrogens is 1. The maximum Gasteiger partial charge on any atom is 0.227 e. The van der Waals surface area contributed by atoms with Crippen LogP contribution in [0.1, 0.15) is 55.5 Å². The van der Waals surface area contributed by atoms with Gasteiger partial charge in [0.15, 0.2) is 5.89 Å². The van der Waals surface area contributed by atoms with E-state index in [4.69, 9.17) is 13.9 Å². The number of aryl methyl sites for hydroxylation is 1. The predicted molar refractivity (Wildman–Crippen MR) is 157 cm³/mol. The molecule has 1 aliphatic carbocycles. The van der Waals surface area contributed by atoms with Crippen molar-refractivity contribution in [1.29, 1.82) is 0 Å². The fourth-order valence-electron chi connectivity index (χ4n) is 7.03. The molecule has 1 amide bonds. The van der Waals surface area contributed by atoms with Crippen LogP contribution in [0.2, 0.25) is 0 Å². The number of dihydropyridines is 1. The van der Waals surface area contributed by atoms with E-state index in [9.17, 15) is 9.18 Å². The zero-order valence-corrected chi connectivity index (χ0v) is 25.1. The first-order valence-corrected chi connectivity index (χ1v) is 15.4. The van der Waals surface area contributed by atoms with E-state index in [1.807, 2.05) is 6.92 Å². The number of likely N-dealkylation sites (tertiary alicyclic amines) is 1. The summed E-state index contributed by atoms with van der Waals surface area (Å²) in [5.41, 5.74) is 3.90. The largest absolute Gasteiger partial charge is 0.493 e. The molecular weight excluding hydrogens is 535 g/mol. The average molecular weight is 579 g/mol. The molecule has 2 fully saturated rings. The summed E-state index contributed by atoms with van der Waals surface area (Å²) in [4.78, 5) is 21.4. The minimum atomic E-state index is -0.395. The van der Waals surface area contributed by atoms with Crippen molar-refractivity contribution in [3.05, 3.63) is 70.0 Å². The number of carbonyl (C=O) groups excluding carboxylic acids is 1. The van der Waals surface area contributed by atoms with Crippen molar-refractivity contribution in [2.24, 2.45) is 17.8 Å². The second kappa shape index (κ2) is 12.5. The molecule has 8 nitrogen and oxygen atoms in total. The topological polar surface area (TPSA) is 80.1 Å². The Labute approximate surface area is 247 Å². The lowest BCUT2D eigenvalue weighted by Gasteiger charge is -2.37. The maximum absolute atomic E-state index is 14.9.